The van der Waals surface area contributed by atoms with Gasteiger partial charge in [0.15, 0.2) is 0 Å². The molecule has 25 heavy (non-hydrogen) atoms. The Balaban J connectivity index is 2.10. The zero-order valence-corrected chi connectivity index (χ0v) is 14.2. The van der Waals surface area contributed by atoms with Gasteiger partial charge < -0.3 is 15.4 Å². The molecule has 2 N–H and O–H groups in total. The first-order valence-electron chi connectivity index (χ1n) is 7.93. The number of esters is 1. The van der Waals surface area contributed by atoms with Gasteiger partial charge in [0.05, 0.1) is 12.7 Å². The summed E-state index contributed by atoms with van der Waals surface area (Å²) in [5, 5.41) is 5.52. The number of hydrogen-bond acceptors (Lipinski definition) is 4. The summed E-state index contributed by atoms with van der Waals surface area (Å²) in [7, 11) is 1.29. The van der Waals surface area contributed by atoms with Crippen LogP contribution >= 0.6 is 0 Å². The first-order chi connectivity index (χ1) is 12.0. The van der Waals surface area contributed by atoms with E-state index in [1.807, 2.05) is 6.92 Å². The highest BCUT2D eigenvalue weighted by molar-refractivity contribution is 6.06. The third-order valence-electron chi connectivity index (χ3n) is 3.43. The minimum absolute atomic E-state index is 0.0724. The molecule has 6 heteroatoms. The van der Waals surface area contributed by atoms with Gasteiger partial charge in [-0.3, -0.25) is 9.59 Å². The molecule has 0 aliphatic rings. The highest BCUT2D eigenvalue weighted by atomic mass is 16.5. The van der Waals surface area contributed by atoms with Gasteiger partial charge in [0.25, 0.3) is 5.91 Å². The lowest BCUT2D eigenvalue weighted by Gasteiger charge is -2.09. The van der Waals surface area contributed by atoms with Crippen molar-refractivity contribution in [2.45, 2.75) is 19.8 Å². The maximum Gasteiger partial charge on any atom is 0.337 e. The van der Waals surface area contributed by atoms with E-state index in [1.165, 1.54) is 13.2 Å². The van der Waals surface area contributed by atoms with Crippen molar-refractivity contribution in [3.8, 4) is 0 Å². The van der Waals surface area contributed by atoms with Crippen molar-refractivity contribution in [3.05, 3.63) is 59.7 Å². The quantitative estimate of drug-likeness (QED) is 0.789. The minimum Gasteiger partial charge on any atom is -0.465 e. The van der Waals surface area contributed by atoms with Crippen LogP contribution in [0.5, 0.6) is 0 Å². The van der Waals surface area contributed by atoms with E-state index in [2.05, 4.69) is 15.4 Å². The molecule has 0 saturated carbocycles. The molecular weight excluding hydrogens is 320 g/mol. The Morgan fingerprint density at radius 3 is 2.24 bits per heavy atom. The molecular formula is C19H20N2O4. The minimum atomic E-state index is -0.504. The van der Waals surface area contributed by atoms with E-state index in [9.17, 15) is 14.4 Å². The normalized spacial score (nSPS) is 10.0. The SMILES string of the molecule is CCCC(=O)Nc1cccc(NC(=O)c2cccc(C(=O)OC)c2)c1. The van der Waals surface area contributed by atoms with Crippen molar-refractivity contribution in [2.75, 3.05) is 17.7 Å². The molecule has 2 amide bonds. The zero-order chi connectivity index (χ0) is 18.2. The summed E-state index contributed by atoms with van der Waals surface area (Å²) in [5.74, 6) is -0.935. The van der Waals surface area contributed by atoms with E-state index >= 15 is 0 Å². The van der Waals surface area contributed by atoms with Crippen molar-refractivity contribution in [3.63, 3.8) is 0 Å². The maximum atomic E-state index is 12.4. The van der Waals surface area contributed by atoms with Crippen molar-refractivity contribution in [1.29, 1.82) is 0 Å². The molecule has 2 aromatic carbocycles. The molecule has 0 aromatic heterocycles. The summed E-state index contributed by atoms with van der Waals surface area (Å²) in [6, 6.07) is 13.1. The van der Waals surface area contributed by atoms with Crippen LogP contribution in [0.1, 0.15) is 40.5 Å². The van der Waals surface area contributed by atoms with Crippen molar-refractivity contribution < 1.29 is 19.1 Å². The summed E-state index contributed by atoms with van der Waals surface area (Å²) >= 11 is 0. The number of rotatable bonds is 6. The summed E-state index contributed by atoms with van der Waals surface area (Å²) in [4.78, 5) is 35.6. The van der Waals surface area contributed by atoms with Crippen LogP contribution in [-0.2, 0) is 9.53 Å². The smallest absolute Gasteiger partial charge is 0.337 e. The van der Waals surface area contributed by atoms with Gasteiger partial charge in [0, 0.05) is 23.4 Å². The molecule has 2 aromatic rings. The van der Waals surface area contributed by atoms with Gasteiger partial charge in [-0.05, 0) is 42.8 Å². The van der Waals surface area contributed by atoms with Crippen molar-refractivity contribution in [1.82, 2.24) is 0 Å². The molecule has 0 fully saturated rings. The number of carbonyl (C=O) groups excluding carboxylic acids is 3. The Morgan fingerprint density at radius 2 is 1.56 bits per heavy atom. The maximum absolute atomic E-state index is 12.4. The van der Waals surface area contributed by atoms with Gasteiger partial charge in [-0.25, -0.2) is 4.79 Å². The van der Waals surface area contributed by atoms with E-state index in [-0.39, 0.29) is 11.8 Å². The summed E-state index contributed by atoms with van der Waals surface area (Å²) in [6.45, 7) is 1.93. The molecule has 0 aliphatic heterocycles. The standard InChI is InChI=1S/C19H20N2O4/c1-3-6-17(22)20-15-9-5-10-16(12-15)21-18(23)13-7-4-8-14(11-13)19(24)25-2/h4-5,7-12H,3,6H2,1-2H3,(H,20,22)(H,21,23). The summed E-state index contributed by atoms with van der Waals surface area (Å²) in [6.07, 6.45) is 1.20. The van der Waals surface area contributed by atoms with Crippen LogP contribution in [0.3, 0.4) is 0 Å². The fourth-order valence-electron chi connectivity index (χ4n) is 2.23. The number of carbonyl (C=O) groups is 3. The molecule has 0 aliphatic carbocycles. The Bertz CT molecular complexity index is 786. The van der Waals surface area contributed by atoms with E-state index in [0.717, 1.165) is 6.42 Å². The highest BCUT2D eigenvalue weighted by Gasteiger charge is 2.11. The van der Waals surface area contributed by atoms with Gasteiger partial charge in [-0.1, -0.05) is 19.1 Å². The molecule has 130 valence electrons. The molecule has 0 atom stereocenters. The number of nitrogens with one attached hydrogen (secondary N) is 2. The number of ether oxygens (including phenoxy) is 1. The Kier molecular flexibility index (Phi) is 6.28. The van der Waals surface area contributed by atoms with Crippen molar-refractivity contribution >= 4 is 29.2 Å². The van der Waals surface area contributed by atoms with Gasteiger partial charge in [-0.2, -0.15) is 0 Å². The van der Waals surface area contributed by atoms with E-state index in [1.54, 1.807) is 42.5 Å². The lowest BCUT2D eigenvalue weighted by molar-refractivity contribution is -0.116. The number of methoxy groups -OCH3 is 1. The van der Waals surface area contributed by atoms with E-state index in [0.29, 0.717) is 28.9 Å². The predicted molar refractivity (Wildman–Crippen MR) is 95.7 cm³/mol. The van der Waals surface area contributed by atoms with Gasteiger partial charge in [0.2, 0.25) is 5.91 Å². The second kappa shape index (κ2) is 8.63. The average Bonchev–Trinajstić information content (AvgIpc) is 2.61. The lowest BCUT2D eigenvalue weighted by atomic mass is 10.1. The topological polar surface area (TPSA) is 84.5 Å². The van der Waals surface area contributed by atoms with E-state index < -0.39 is 5.97 Å². The Labute approximate surface area is 146 Å². The molecule has 6 nitrogen and oxygen atoms in total. The Morgan fingerprint density at radius 1 is 0.920 bits per heavy atom. The number of benzene rings is 2. The van der Waals surface area contributed by atoms with Gasteiger partial charge in [-0.15, -0.1) is 0 Å². The Hall–Kier alpha value is -3.15. The van der Waals surface area contributed by atoms with Crippen LogP contribution in [0.4, 0.5) is 11.4 Å². The van der Waals surface area contributed by atoms with Crippen LogP contribution in [0.25, 0.3) is 0 Å². The van der Waals surface area contributed by atoms with Crippen LogP contribution in [0.2, 0.25) is 0 Å². The van der Waals surface area contributed by atoms with Crippen LogP contribution in [0, 0.1) is 0 Å². The van der Waals surface area contributed by atoms with Crippen LogP contribution in [0.15, 0.2) is 48.5 Å². The molecule has 0 saturated heterocycles. The van der Waals surface area contributed by atoms with E-state index in [4.69, 9.17) is 0 Å². The highest BCUT2D eigenvalue weighted by Crippen LogP contribution is 2.17. The van der Waals surface area contributed by atoms with Gasteiger partial charge in [0.1, 0.15) is 0 Å². The largest absolute Gasteiger partial charge is 0.465 e. The zero-order valence-electron chi connectivity index (χ0n) is 14.2. The predicted octanol–water partition coefficient (Wildman–Crippen LogP) is 3.46. The average molecular weight is 340 g/mol. The third kappa shape index (κ3) is 5.17. The van der Waals surface area contributed by atoms with Crippen LogP contribution in [-0.4, -0.2) is 24.9 Å². The fraction of sp³-hybridized carbons (Fsp3) is 0.211. The fourth-order valence-corrected chi connectivity index (χ4v) is 2.23. The van der Waals surface area contributed by atoms with Crippen LogP contribution < -0.4 is 10.6 Å². The third-order valence-corrected chi connectivity index (χ3v) is 3.43. The summed E-state index contributed by atoms with van der Waals surface area (Å²) < 4.78 is 4.65. The molecule has 0 spiro atoms. The molecule has 0 bridgehead atoms. The number of hydrogen-bond donors (Lipinski definition) is 2. The number of amides is 2. The monoisotopic (exact) mass is 340 g/mol. The lowest BCUT2D eigenvalue weighted by Crippen LogP contribution is -2.14. The first kappa shape index (κ1) is 18.2. The summed E-state index contributed by atoms with van der Waals surface area (Å²) in [5.41, 5.74) is 1.79. The molecule has 0 heterocycles. The molecule has 0 unspecified atom stereocenters. The number of anilines is 2. The second-order valence-electron chi connectivity index (χ2n) is 5.41. The van der Waals surface area contributed by atoms with Gasteiger partial charge >= 0.3 is 5.97 Å². The molecule has 2 rings (SSSR count). The molecule has 0 radical (unpaired) electrons. The first-order valence-corrected chi connectivity index (χ1v) is 7.93. The van der Waals surface area contributed by atoms with Crippen molar-refractivity contribution in [2.24, 2.45) is 0 Å². The second-order valence-corrected chi connectivity index (χ2v) is 5.41.